The van der Waals surface area contributed by atoms with Crippen molar-refractivity contribution in [3.63, 3.8) is 0 Å². The highest BCUT2D eigenvalue weighted by atomic mass is 16.4. The van der Waals surface area contributed by atoms with Gasteiger partial charge >= 0.3 is 5.97 Å². The summed E-state index contributed by atoms with van der Waals surface area (Å²) in [5, 5.41) is 13.3. The van der Waals surface area contributed by atoms with Crippen LogP contribution >= 0.6 is 0 Å². The van der Waals surface area contributed by atoms with Crippen molar-refractivity contribution in [3.8, 4) is 0 Å². The van der Waals surface area contributed by atoms with Crippen LogP contribution in [-0.4, -0.2) is 27.4 Å². The maximum Gasteiger partial charge on any atom is 0.328 e. The zero-order valence-electron chi connectivity index (χ0n) is 9.32. The standard InChI is InChI=1S/C10H17N3O2/c1-6-7(2)12-13(8(6)3)9(4-5-11)10(14)15/h9H,4-5,11H2,1-3H3,(H,14,15). The molecule has 1 heterocycles. The van der Waals surface area contributed by atoms with Gasteiger partial charge in [0.2, 0.25) is 0 Å². The van der Waals surface area contributed by atoms with Crippen LogP contribution in [0.25, 0.3) is 0 Å². The largest absolute Gasteiger partial charge is 0.480 e. The Morgan fingerprint density at radius 3 is 2.47 bits per heavy atom. The molecule has 1 aromatic heterocycles. The Labute approximate surface area is 88.9 Å². The van der Waals surface area contributed by atoms with Gasteiger partial charge in [0.25, 0.3) is 0 Å². The Bertz CT molecular complexity index is 371. The summed E-state index contributed by atoms with van der Waals surface area (Å²) in [6, 6.07) is -0.651. The number of nitrogens with zero attached hydrogens (tertiary/aromatic N) is 2. The summed E-state index contributed by atoms with van der Waals surface area (Å²) in [6.45, 7) is 6.03. The van der Waals surface area contributed by atoms with Crippen LogP contribution in [-0.2, 0) is 4.79 Å². The first-order valence-corrected chi connectivity index (χ1v) is 4.94. The highest BCUT2D eigenvalue weighted by molar-refractivity contribution is 5.71. The predicted octanol–water partition coefficient (Wildman–Crippen LogP) is 0.783. The molecular formula is C10H17N3O2. The van der Waals surface area contributed by atoms with Gasteiger partial charge in [0.1, 0.15) is 0 Å². The fourth-order valence-electron chi connectivity index (χ4n) is 1.56. The monoisotopic (exact) mass is 211 g/mol. The van der Waals surface area contributed by atoms with Crippen molar-refractivity contribution in [1.82, 2.24) is 9.78 Å². The van der Waals surface area contributed by atoms with Crippen LogP contribution in [0.5, 0.6) is 0 Å². The van der Waals surface area contributed by atoms with E-state index < -0.39 is 12.0 Å². The van der Waals surface area contributed by atoms with E-state index in [0.717, 1.165) is 17.0 Å². The van der Waals surface area contributed by atoms with E-state index in [1.165, 1.54) is 0 Å². The van der Waals surface area contributed by atoms with E-state index in [0.29, 0.717) is 13.0 Å². The number of aromatic nitrogens is 2. The second-order valence-corrected chi connectivity index (χ2v) is 3.67. The molecule has 15 heavy (non-hydrogen) atoms. The van der Waals surface area contributed by atoms with Crippen molar-refractivity contribution in [2.45, 2.75) is 33.2 Å². The summed E-state index contributed by atoms with van der Waals surface area (Å²) in [6.07, 6.45) is 0.400. The number of carboxylic acids is 1. The molecule has 5 heteroatoms. The number of hydrogen-bond donors (Lipinski definition) is 2. The van der Waals surface area contributed by atoms with E-state index in [2.05, 4.69) is 5.10 Å². The molecule has 0 fully saturated rings. The molecule has 0 amide bonds. The maximum absolute atomic E-state index is 11.0. The lowest BCUT2D eigenvalue weighted by Gasteiger charge is -2.13. The van der Waals surface area contributed by atoms with Gasteiger partial charge in [-0.15, -0.1) is 0 Å². The molecule has 0 aromatic carbocycles. The van der Waals surface area contributed by atoms with Gasteiger partial charge in [0.15, 0.2) is 6.04 Å². The maximum atomic E-state index is 11.0. The lowest BCUT2D eigenvalue weighted by atomic mass is 10.2. The summed E-state index contributed by atoms with van der Waals surface area (Å²) in [5.74, 6) is -0.883. The van der Waals surface area contributed by atoms with Gasteiger partial charge in [0, 0.05) is 5.69 Å². The third-order valence-electron chi connectivity index (χ3n) is 2.71. The number of carbonyl (C=O) groups is 1. The van der Waals surface area contributed by atoms with Crippen molar-refractivity contribution in [3.05, 3.63) is 17.0 Å². The van der Waals surface area contributed by atoms with Crippen LogP contribution < -0.4 is 5.73 Å². The van der Waals surface area contributed by atoms with Crippen molar-refractivity contribution in [1.29, 1.82) is 0 Å². The minimum Gasteiger partial charge on any atom is -0.480 e. The summed E-state index contributed by atoms with van der Waals surface area (Å²) in [4.78, 5) is 11.0. The van der Waals surface area contributed by atoms with Crippen molar-refractivity contribution in [2.24, 2.45) is 5.73 Å². The first-order valence-electron chi connectivity index (χ1n) is 4.94. The molecule has 0 aliphatic rings. The minimum atomic E-state index is -0.883. The molecule has 1 atom stereocenters. The average molecular weight is 211 g/mol. The van der Waals surface area contributed by atoms with Crippen LogP contribution in [0.2, 0.25) is 0 Å². The Balaban J connectivity index is 3.11. The molecule has 1 aromatic rings. The average Bonchev–Trinajstić information content (AvgIpc) is 2.42. The van der Waals surface area contributed by atoms with Crippen LogP contribution in [0.1, 0.15) is 29.4 Å². The second kappa shape index (κ2) is 4.44. The quantitative estimate of drug-likeness (QED) is 0.771. The number of aliphatic carboxylic acids is 1. The molecule has 0 aliphatic carbocycles. The third kappa shape index (κ3) is 2.18. The normalized spacial score (nSPS) is 12.8. The zero-order chi connectivity index (χ0) is 11.6. The molecule has 1 rings (SSSR count). The topological polar surface area (TPSA) is 81.1 Å². The van der Waals surface area contributed by atoms with Gasteiger partial charge in [-0.25, -0.2) is 4.79 Å². The summed E-state index contributed by atoms with van der Waals surface area (Å²) in [5.41, 5.74) is 8.20. The van der Waals surface area contributed by atoms with Crippen LogP contribution in [0.4, 0.5) is 0 Å². The highest BCUT2D eigenvalue weighted by Crippen LogP contribution is 2.18. The number of nitrogens with two attached hydrogens (primary N) is 1. The lowest BCUT2D eigenvalue weighted by Crippen LogP contribution is -2.24. The molecule has 0 saturated heterocycles. The van der Waals surface area contributed by atoms with Crippen molar-refractivity contribution >= 4 is 5.97 Å². The van der Waals surface area contributed by atoms with E-state index in [-0.39, 0.29) is 0 Å². The fraction of sp³-hybridized carbons (Fsp3) is 0.600. The zero-order valence-corrected chi connectivity index (χ0v) is 9.32. The van der Waals surface area contributed by atoms with E-state index >= 15 is 0 Å². The van der Waals surface area contributed by atoms with E-state index in [9.17, 15) is 4.79 Å². The molecule has 0 saturated carbocycles. The molecular weight excluding hydrogens is 194 g/mol. The van der Waals surface area contributed by atoms with E-state index in [4.69, 9.17) is 10.8 Å². The first-order chi connectivity index (χ1) is 6.99. The van der Waals surface area contributed by atoms with Gasteiger partial charge in [-0.05, 0) is 39.3 Å². The smallest absolute Gasteiger partial charge is 0.328 e. The number of rotatable bonds is 4. The SMILES string of the molecule is Cc1nn(C(CCN)C(=O)O)c(C)c1C. The Kier molecular flexibility index (Phi) is 3.47. The summed E-state index contributed by atoms with van der Waals surface area (Å²) >= 11 is 0. The van der Waals surface area contributed by atoms with Gasteiger partial charge < -0.3 is 10.8 Å². The Hall–Kier alpha value is -1.36. The second-order valence-electron chi connectivity index (χ2n) is 3.67. The van der Waals surface area contributed by atoms with Crippen molar-refractivity contribution in [2.75, 3.05) is 6.54 Å². The number of aryl methyl sites for hydroxylation is 1. The molecule has 0 radical (unpaired) electrons. The minimum absolute atomic E-state index is 0.342. The van der Waals surface area contributed by atoms with Crippen LogP contribution in [0.3, 0.4) is 0 Å². The molecule has 3 N–H and O–H groups in total. The van der Waals surface area contributed by atoms with Gasteiger partial charge in [-0.1, -0.05) is 0 Å². The van der Waals surface area contributed by atoms with Crippen LogP contribution in [0.15, 0.2) is 0 Å². The third-order valence-corrected chi connectivity index (χ3v) is 2.71. The summed E-state index contributed by atoms with van der Waals surface area (Å²) < 4.78 is 1.56. The molecule has 5 nitrogen and oxygen atoms in total. The molecule has 0 bridgehead atoms. The highest BCUT2D eigenvalue weighted by Gasteiger charge is 2.22. The molecule has 0 spiro atoms. The lowest BCUT2D eigenvalue weighted by molar-refractivity contribution is -0.141. The Morgan fingerprint density at radius 2 is 2.13 bits per heavy atom. The Morgan fingerprint density at radius 1 is 1.53 bits per heavy atom. The summed E-state index contributed by atoms with van der Waals surface area (Å²) in [7, 11) is 0. The van der Waals surface area contributed by atoms with Crippen molar-refractivity contribution < 1.29 is 9.90 Å². The fourth-order valence-corrected chi connectivity index (χ4v) is 1.56. The van der Waals surface area contributed by atoms with E-state index in [1.807, 2.05) is 20.8 Å². The van der Waals surface area contributed by atoms with Gasteiger partial charge in [0.05, 0.1) is 5.69 Å². The number of carboxylic acid groups (broad SMARTS) is 1. The molecule has 84 valence electrons. The molecule has 1 unspecified atom stereocenters. The van der Waals surface area contributed by atoms with Gasteiger partial charge in [-0.2, -0.15) is 5.10 Å². The molecule has 0 aliphatic heterocycles. The number of hydrogen-bond acceptors (Lipinski definition) is 3. The van der Waals surface area contributed by atoms with E-state index in [1.54, 1.807) is 4.68 Å². The first kappa shape index (κ1) is 11.7. The predicted molar refractivity (Wildman–Crippen MR) is 56.8 cm³/mol. The van der Waals surface area contributed by atoms with Crippen LogP contribution in [0, 0.1) is 20.8 Å². The van der Waals surface area contributed by atoms with Gasteiger partial charge in [-0.3, -0.25) is 4.68 Å².